The number of benzene rings is 1. The Morgan fingerprint density at radius 2 is 1.85 bits per heavy atom. The predicted octanol–water partition coefficient (Wildman–Crippen LogP) is 0.540. The molecule has 0 saturated carbocycles. The number of carbonyl (C=O) groups excluding carboxylic acids is 1. The summed E-state index contributed by atoms with van der Waals surface area (Å²) in [6, 6.07) is 4.34. The van der Waals surface area contributed by atoms with Gasteiger partial charge in [-0.1, -0.05) is 0 Å². The van der Waals surface area contributed by atoms with Gasteiger partial charge in [-0.25, -0.2) is 13.1 Å². The Kier molecular flexibility index (Phi) is 6.36. The Balaban J connectivity index is 1.82. The Morgan fingerprint density at radius 1 is 1.19 bits per heavy atom. The average Bonchev–Trinajstić information content (AvgIpc) is 2.69. The van der Waals surface area contributed by atoms with Crippen LogP contribution in [-0.2, 0) is 14.8 Å². The Bertz CT molecular complexity index is 769. The summed E-state index contributed by atoms with van der Waals surface area (Å²) in [4.78, 5) is 16.8. The fourth-order valence-electron chi connectivity index (χ4n) is 3.37. The lowest BCUT2D eigenvalue weighted by Crippen LogP contribution is -2.43. The molecule has 3 rings (SSSR count). The van der Waals surface area contributed by atoms with E-state index in [4.69, 9.17) is 9.47 Å². The lowest BCUT2D eigenvalue weighted by molar-refractivity contribution is 0.0300. The van der Waals surface area contributed by atoms with Crippen LogP contribution in [0, 0.1) is 0 Å². The highest BCUT2D eigenvalue weighted by molar-refractivity contribution is 7.89. The largest absolute Gasteiger partial charge is 0.496 e. The molecule has 1 N–H and O–H groups in total. The lowest BCUT2D eigenvalue weighted by Gasteiger charge is -2.29. The third-order valence-electron chi connectivity index (χ3n) is 5.05. The van der Waals surface area contributed by atoms with E-state index in [2.05, 4.69) is 9.62 Å². The SMILES string of the molecule is COc1ccc(S(=O)(=O)NC2CCN(C)CC2)cc1C(=O)N1CCOCC1. The number of carbonyl (C=O) groups is 1. The van der Waals surface area contributed by atoms with Gasteiger partial charge in [0, 0.05) is 19.1 Å². The molecule has 2 aliphatic rings. The molecule has 2 fully saturated rings. The van der Waals surface area contributed by atoms with Crippen molar-refractivity contribution >= 4 is 15.9 Å². The van der Waals surface area contributed by atoms with Crippen molar-refractivity contribution < 1.29 is 22.7 Å². The standard InChI is InChI=1S/C18H27N3O5S/c1-20-7-5-14(6-8-20)19-27(23,24)15-3-4-17(25-2)16(13-15)18(22)21-9-11-26-12-10-21/h3-4,13-14,19H,5-12H2,1-2H3. The molecule has 8 nitrogen and oxygen atoms in total. The molecule has 9 heteroatoms. The normalized spacial score (nSPS) is 19.9. The fraction of sp³-hybridized carbons (Fsp3) is 0.611. The number of methoxy groups -OCH3 is 1. The molecule has 0 spiro atoms. The number of sulfonamides is 1. The molecule has 2 aliphatic heterocycles. The predicted molar refractivity (Wildman–Crippen MR) is 101 cm³/mol. The van der Waals surface area contributed by atoms with Gasteiger partial charge < -0.3 is 19.3 Å². The topological polar surface area (TPSA) is 88.2 Å². The lowest BCUT2D eigenvalue weighted by atomic mass is 10.1. The summed E-state index contributed by atoms with van der Waals surface area (Å²) >= 11 is 0. The minimum atomic E-state index is -3.71. The van der Waals surface area contributed by atoms with E-state index in [1.807, 2.05) is 7.05 Å². The molecule has 0 unspecified atom stereocenters. The van der Waals surface area contributed by atoms with Crippen LogP contribution < -0.4 is 9.46 Å². The maximum atomic E-state index is 12.9. The summed E-state index contributed by atoms with van der Waals surface area (Å²) in [5.74, 6) is 0.122. The Morgan fingerprint density at radius 3 is 2.48 bits per heavy atom. The molecule has 0 atom stereocenters. The molecule has 1 aromatic rings. The van der Waals surface area contributed by atoms with Crippen molar-refractivity contribution in [2.45, 2.75) is 23.8 Å². The maximum Gasteiger partial charge on any atom is 0.257 e. The number of amides is 1. The minimum absolute atomic E-state index is 0.0823. The van der Waals surface area contributed by atoms with E-state index in [0.717, 1.165) is 25.9 Å². The zero-order chi connectivity index (χ0) is 19.4. The van der Waals surface area contributed by atoms with Crippen LogP contribution in [0.5, 0.6) is 5.75 Å². The minimum Gasteiger partial charge on any atom is -0.496 e. The van der Waals surface area contributed by atoms with Crippen LogP contribution >= 0.6 is 0 Å². The van der Waals surface area contributed by atoms with Crippen LogP contribution in [0.3, 0.4) is 0 Å². The molecule has 2 heterocycles. The molecule has 0 aliphatic carbocycles. The second-order valence-corrected chi connectivity index (χ2v) is 8.68. The zero-order valence-electron chi connectivity index (χ0n) is 15.8. The van der Waals surface area contributed by atoms with Crippen molar-refractivity contribution in [1.82, 2.24) is 14.5 Å². The van der Waals surface area contributed by atoms with Crippen molar-refractivity contribution in [3.63, 3.8) is 0 Å². The van der Waals surface area contributed by atoms with Gasteiger partial charge in [-0.05, 0) is 51.2 Å². The fourth-order valence-corrected chi connectivity index (χ4v) is 4.70. The van der Waals surface area contributed by atoms with Gasteiger partial charge in [0.1, 0.15) is 5.75 Å². The van der Waals surface area contributed by atoms with Gasteiger partial charge in [0.25, 0.3) is 5.91 Å². The van der Waals surface area contributed by atoms with Crippen LogP contribution in [0.25, 0.3) is 0 Å². The first-order valence-corrected chi connectivity index (χ1v) is 10.6. The number of nitrogens with one attached hydrogen (secondary N) is 1. The van der Waals surface area contributed by atoms with Crippen LogP contribution in [0.2, 0.25) is 0 Å². The number of ether oxygens (including phenoxy) is 2. The second kappa shape index (κ2) is 8.55. The molecule has 27 heavy (non-hydrogen) atoms. The quantitative estimate of drug-likeness (QED) is 0.780. The number of rotatable bonds is 5. The van der Waals surface area contributed by atoms with Gasteiger partial charge >= 0.3 is 0 Å². The van der Waals surface area contributed by atoms with Crippen LogP contribution in [0.4, 0.5) is 0 Å². The van der Waals surface area contributed by atoms with Crippen molar-refractivity contribution in [3.05, 3.63) is 23.8 Å². The molecule has 0 bridgehead atoms. The van der Waals surface area contributed by atoms with Crippen molar-refractivity contribution in [2.24, 2.45) is 0 Å². The van der Waals surface area contributed by atoms with E-state index in [-0.39, 0.29) is 22.4 Å². The smallest absolute Gasteiger partial charge is 0.257 e. The number of piperidine rings is 1. The zero-order valence-corrected chi connectivity index (χ0v) is 16.6. The number of likely N-dealkylation sites (tertiary alicyclic amines) is 1. The average molecular weight is 397 g/mol. The molecular formula is C18H27N3O5S. The first-order valence-electron chi connectivity index (χ1n) is 9.16. The van der Waals surface area contributed by atoms with Crippen molar-refractivity contribution in [3.8, 4) is 5.75 Å². The summed E-state index contributed by atoms with van der Waals surface area (Å²) in [5.41, 5.74) is 0.255. The number of nitrogens with zero attached hydrogens (tertiary/aromatic N) is 2. The summed E-state index contributed by atoms with van der Waals surface area (Å²) in [6.45, 7) is 3.63. The molecule has 0 radical (unpaired) electrons. The summed E-state index contributed by atoms with van der Waals surface area (Å²) in [6.07, 6.45) is 1.54. The van der Waals surface area contributed by atoms with Gasteiger partial charge in [0.2, 0.25) is 10.0 Å². The van der Waals surface area contributed by atoms with Crippen molar-refractivity contribution in [1.29, 1.82) is 0 Å². The van der Waals surface area contributed by atoms with E-state index < -0.39 is 10.0 Å². The Hall–Kier alpha value is -1.68. The Labute approximate surface area is 160 Å². The van der Waals surface area contributed by atoms with Gasteiger partial charge in [-0.3, -0.25) is 4.79 Å². The molecule has 2 saturated heterocycles. The molecule has 1 amide bonds. The third-order valence-corrected chi connectivity index (χ3v) is 6.57. The molecule has 0 aromatic heterocycles. The molecule has 1 aromatic carbocycles. The van der Waals surface area contributed by atoms with E-state index in [1.165, 1.54) is 25.3 Å². The van der Waals surface area contributed by atoms with Crippen LogP contribution in [-0.4, -0.2) is 83.7 Å². The van der Waals surface area contributed by atoms with E-state index >= 15 is 0 Å². The summed E-state index contributed by atoms with van der Waals surface area (Å²) < 4.78 is 39.0. The highest BCUT2D eigenvalue weighted by Crippen LogP contribution is 2.25. The molecule has 150 valence electrons. The van der Waals surface area contributed by atoms with E-state index in [1.54, 1.807) is 4.90 Å². The maximum absolute atomic E-state index is 12.9. The number of morpholine rings is 1. The summed E-state index contributed by atoms with van der Waals surface area (Å²) in [7, 11) is -0.214. The first-order chi connectivity index (χ1) is 12.9. The van der Waals surface area contributed by atoms with Gasteiger partial charge in [-0.15, -0.1) is 0 Å². The van der Waals surface area contributed by atoms with Crippen LogP contribution in [0.1, 0.15) is 23.2 Å². The number of hydrogen-bond acceptors (Lipinski definition) is 6. The van der Waals surface area contributed by atoms with Gasteiger partial charge in [0.05, 0.1) is 30.8 Å². The van der Waals surface area contributed by atoms with E-state index in [0.29, 0.717) is 32.1 Å². The number of hydrogen-bond donors (Lipinski definition) is 1. The summed E-state index contributed by atoms with van der Waals surface area (Å²) in [5, 5.41) is 0. The van der Waals surface area contributed by atoms with Crippen molar-refractivity contribution in [2.75, 3.05) is 53.6 Å². The second-order valence-electron chi connectivity index (χ2n) is 6.97. The highest BCUT2D eigenvalue weighted by atomic mass is 32.2. The molecular weight excluding hydrogens is 370 g/mol. The highest BCUT2D eigenvalue weighted by Gasteiger charge is 2.27. The van der Waals surface area contributed by atoms with Crippen LogP contribution in [0.15, 0.2) is 23.1 Å². The third kappa shape index (κ3) is 4.78. The van der Waals surface area contributed by atoms with E-state index in [9.17, 15) is 13.2 Å². The monoisotopic (exact) mass is 397 g/mol. The van der Waals surface area contributed by atoms with Gasteiger partial charge in [0.15, 0.2) is 0 Å². The first kappa shape index (κ1) is 20.1. The van der Waals surface area contributed by atoms with Gasteiger partial charge in [-0.2, -0.15) is 0 Å².